The van der Waals surface area contributed by atoms with Crippen LogP contribution in [0.1, 0.15) is 11.1 Å². The molecular formula is C19H18FN3. The molecule has 0 bridgehead atoms. The second kappa shape index (κ2) is 5.54. The normalized spacial score (nSPS) is 14.1. The Hall–Kier alpha value is -2.62. The fourth-order valence-corrected chi connectivity index (χ4v) is 3.40. The summed E-state index contributed by atoms with van der Waals surface area (Å²) in [5.74, 6) is 0.923. The van der Waals surface area contributed by atoms with E-state index in [-0.39, 0.29) is 5.82 Å². The quantitative estimate of drug-likeness (QED) is 0.724. The number of aromatic nitrogens is 1. The number of nitrogens with zero attached hydrogens (tertiary/aromatic N) is 1. The van der Waals surface area contributed by atoms with E-state index in [0.717, 1.165) is 30.6 Å². The van der Waals surface area contributed by atoms with Crippen LogP contribution in [-0.2, 0) is 12.8 Å². The number of pyridine rings is 1. The molecule has 4 rings (SSSR count). The van der Waals surface area contributed by atoms with Gasteiger partial charge in [0.2, 0.25) is 0 Å². The van der Waals surface area contributed by atoms with Gasteiger partial charge in [-0.2, -0.15) is 0 Å². The van der Waals surface area contributed by atoms with Crippen molar-refractivity contribution in [1.82, 2.24) is 4.98 Å². The van der Waals surface area contributed by atoms with Crippen molar-refractivity contribution in [2.75, 3.05) is 17.6 Å². The maximum Gasteiger partial charge on any atom is 0.149 e. The van der Waals surface area contributed by atoms with Crippen molar-refractivity contribution in [3.05, 3.63) is 65.6 Å². The molecule has 2 aromatic carbocycles. The molecule has 1 aliphatic carbocycles. The van der Waals surface area contributed by atoms with Crippen molar-refractivity contribution in [3.63, 3.8) is 0 Å². The zero-order chi connectivity index (χ0) is 15.8. The third kappa shape index (κ3) is 2.61. The molecule has 0 radical (unpaired) electrons. The molecule has 0 unspecified atom stereocenters. The van der Waals surface area contributed by atoms with E-state index in [1.807, 2.05) is 6.07 Å². The van der Waals surface area contributed by atoms with Gasteiger partial charge in [-0.1, -0.05) is 24.3 Å². The lowest BCUT2D eigenvalue weighted by molar-refractivity contribution is 0.592. The van der Waals surface area contributed by atoms with E-state index in [0.29, 0.717) is 17.0 Å². The van der Waals surface area contributed by atoms with E-state index in [1.165, 1.54) is 17.3 Å². The van der Waals surface area contributed by atoms with Crippen LogP contribution in [0.25, 0.3) is 10.8 Å². The van der Waals surface area contributed by atoms with Gasteiger partial charge in [-0.25, -0.2) is 9.37 Å². The van der Waals surface area contributed by atoms with Crippen molar-refractivity contribution in [2.45, 2.75) is 12.8 Å². The van der Waals surface area contributed by atoms with Crippen LogP contribution in [-0.4, -0.2) is 11.5 Å². The highest BCUT2D eigenvalue weighted by Gasteiger charge is 2.21. The van der Waals surface area contributed by atoms with E-state index in [4.69, 9.17) is 5.73 Å². The first kappa shape index (κ1) is 14.0. The maximum atomic E-state index is 13.9. The molecule has 3 aromatic rings. The lowest BCUT2D eigenvalue weighted by Gasteiger charge is -2.13. The SMILES string of the molecule is Nc1ccc2c(NCC3Cc4ccccc4C3)ncc(F)c2c1. The minimum Gasteiger partial charge on any atom is -0.399 e. The van der Waals surface area contributed by atoms with Crippen LogP contribution in [0.2, 0.25) is 0 Å². The molecule has 0 atom stereocenters. The fraction of sp³-hybridized carbons (Fsp3) is 0.211. The Morgan fingerprint density at radius 2 is 1.83 bits per heavy atom. The number of fused-ring (bicyclic) bond motifs is 2. The summed E-state index contributed by atoms with van der Waals surface area (Å²) in [6, 6.07) is 13.8. The summed E-state index contributed by atoms with van der Waals surface area (Å²) in [5.41, 5.74) is 9.18. The molecule has 0 saturated carbocycles. The van der Waals surface area contributed by atoms with Gasteiger partial charge in [0.25, 0.3) is 0 Å². The van der Waals surface area contributed by atoms with Crippen molar-refractivity contribution in [2.24, 2.45) is 5.92 Å². The van der Waals surface area contributed by atoms with Gasteiger partial charge in [-0.15, -0.1) is 0 Å². The molecule has 23 heavy (non-hydrogen) atoms. The smallest absolute Gasteiger partial charge is 0.149 e. The van der Waals surface area contributed by atoms with Gasteiger partial charge in [0.1, 0.15) is 11.6 Å². The highest BCUT2D eigenvalue weighted by molar-refractivity contribution is 5.94. The molecule has 1 aromatic heterocycles. The molecule has 0 spiro atoms. The van der Waals surface area contributed by atoms with Crippen LogP contribution < -0.4 is 11.1 Å². The van der Waals surface area contributed by atoms with Crippen LogP contribution in [0.5, 0.6) is 0 Å². The van der Waals surface area contributed by atoms with E-state index >= 15 is 0 Å². The highest BCUT2D eigenvalue weighted by atomic mass is 19.1. The molecule has 0 fully saturated rings. The average molecular weight is 307 g/mol. The van der Waals surface area contributed by atoms with Gasteiger partial charge in [-0.3, -0.25) is 0 Å². The third-order valence-corrected chi connectivity index (χ3v) is 4.56. The number of anilines is 2. The average Bonchev–Trinajstić information content (AvgIpc) is 2.97. The summed E-state index contributed by atoms with van der Waals surface area (Å²) in [4.78, 5) is 4.22. The van der Waals surface area contributed by atoms with Crippen LogP contribution >= 0.6 is 0 Å². The Balaban J connectivity index is 1.54. The Morgan fingerprint density at radius 1 is 1.09 bits per heavy atom. The standard InChI is InChI=1S/C19H18FN3/c20-18-11-23-19(16-6-5-15(21)9-17(16)18)22-10-12-7-13-3-1-2-4-14(13)8-12/h1-6,9,11-12H,7-8,10,21H2,(H,22,23). The lowest BCUT2D eigenvalue weighted by atomic mass is 10.1. The Labute approximate surface area is 134 Å². The zero-order valence-corrected chi connectivity index (χ0v) is 12.7. The van der Waals surface area contributed by atoms with Crippen molar-refractivity contribution < 1.29 is 4.39 Å². The first-order valence-corrected chi connectivity index (χ1v) is 7.85. The summed E-state index contributed by atoms with van der Waals surface area (Å²) in [6.45, 7) is 0.826. The molecular weight excluding hydrogens is 289 g/mol. The second-order valence-electron chi connectivity index (χ2n) is 6.18. The second-order valence-corrected chi connectivity index (χ2v) is 6.18. The van der Waals surface area contributed by atoms with Gasteiger partial charge >= 0.3 is 0 Å². The van der Waals surface area contributed by atoms with Gasteiger partial charge in [-0.05, 0) is 48.1 Å². The Kier molecular flexibility index (Phi) is 3.37. The third-order valence-electron chi connectivity index (χ3n) is 4.56. The molecule has 3 N–H and O–H groups in total. The largest absolute Gasteiger partial charge is 0.399 e. The molecule has 4 heteroatoms. The number of hydrogen-bond donors (Lipinski definition) is 2. The van der Waals surface area contributed by atoms with Crippen molar-refractivity contribution in [1.29, 1.82) is 0 Å². The van der Waals surface area contributed by atoms with E-state index in [2.05, 4.69) is 34.6 Å². The predicted molar refractivity (Wildman–Crippen MR) is 91.9 cm³/mol. The molecule has 116 valence electrons. The molecule has 0 saturated heterocycles. The fourth-order valence-electron chi connectivity index (χ4n) is 3.40. The summed E-state index contributed by atoms with van der Waals surface area (Å²) in [7, 11) is 0. The molecule has 1 heterocycles. The summed E-state index contributed by atoms with van der Waals surface area (Å²) >= 11 is 0. The summed E-state index contributed by atoms with van der Waals surface area (Å²) in [5, 5.41) is 4.68. The van der Waals surface area contributed by atoms with Crippen LogP contribution in [0.4, 0.5) is 15.9 Å². The molecule has 0 amide bonds. The van der Waals surface area contributed by atoms with Crippen molar-refractivity contribution >= 4 is 22.3 Å². The summed E-state index contributed by atoms with van der Waals surface area (Å²) < 4.78 is 13.9. The number of rotatable bonds is 3. The highest BCUT2D eigenvalue weighted by Crippen LogP contribution is 2.29. The lowest BCUT2D eigenvalue weighted by Crippen LogP contribution is -2.15. The number of nitrogens with two attached hydrogens (primary N) is 1. The number of benzene rings is 2. The van der Waals surface area contributed by atoms with Crippen LogP contribution in [0.3, 0.4) is 0 Å². The molecule has 0 aliphatic heterocycles. The number of halogens is 1. The van der Waals surface area contributed by atoms with Gasteiger partial charge < -0.3 is 11.1 Å². The minimum absolute atomic E-state index is 0.342. The zero-order valence-electron chi connectivity index (χ0n) is 12.7. The van der Waals surface area contributed by atoms with E-state index in [1.54, 1.807) is 12.1 Å². The van der Waals surface area contributed by atoms with Crippen molar-refractivity contribution in [3.8, 4) is 0 Å². The molecule has 3 nitrogen and oxygen atoms in total. The van der Waals surface area contributed by atoms with Crippen LogP contribution in [0.15, 0.2) is 48.7 Å². The predicted octanol–water partition coefficient (Wildman–Crippen LogP) is 3.78. The van der Waals surface area contributed by atoms with E-state index < -0.39 is 0 Å². The monoisotopic (exact) mass is 307 g/mol. The maximum absolute atomic E-state index is 13.9. The Bertz CT molecular complexity index is 851. The summed E-state index contributed by atoms with van der Waals surface area (Å²) in [6.07, 6.45) is 3.41. The topological polar surface area (TPSA) is 50.9 Å². The minimum atomic E-state index is -0.342. The van der Waals surface area contributed by atoms with Crippen LogP contribution in [0, 0.1) is 11.7 Å². The first-order chi connectivity index (χ1) is 11.2. The van der Waals surface area contributed by atoms with E-state index in [9.17, 15) is 4.39 Å². The van der Waals surface area contributed by atoms with Gasteiger partial charge in [0.15, 0.2) is 0 Å². The molecule has 1 aliphatic rings. The number of hydrogen-bond acceptors (Lipinski definition) is 3. The van der Waals surface area contributed by atoms with Gasteiger partial charge in [0, 0.05) is 23.0 Å². The number of nitrogen functional groups attached to an aromatic ring is 1. The van der Waals surface area contributed by atoms with Gasteiger partial charge in [0.05, 0.1) is 6.20 Å². The number of nitrogens with one attached hydrogen (secondary N) is 1. The first-order valence-electron chi connectivity index (χ1n) is 7.85. The Morgan fingerprint density at radius 3 is 2.57 bits per heavy atom.